The predicted molar refractivity (Wildman–Crippen MR) is 58.4 cm³/mol. The molecule has 3 heteroatoms. The second-order valence-corrected chi connectivity index (χ2v) is 4.67. The maximum atomic E-state index is 4.34. The minimum atomic E-state index is 0.484. The topological polar surface area (TPSA) is 29.9 Å². The number of hydrogen-bond acceptors (Lipinski definition) is 2. The van der Waals surface area contributed by atoms with E-state index in [1.807, 2.05) is 12.4 Å². The van der Waals surface area contributed by atoms with Gasteiger partial charge in [-0.2, -0.15) is 0 Å². The molecule has 1 saturated carbocycles. The van der Waals surface area contributed by atoms with Gasteiger partial charge >= 0.3 is 0 Å². The molecule has 1 aromatic heterocycles. The van der Waals surface area contributed by atoms with Crippen molar-refractivity contribution >= 4 is 5.95 Å². The van der Waals surface area contributed by atoms with Gasteiger partial charge in [-0.15, -0.1) is 0 Å². The summed E-state index contributed by atoms with van der Waals surface area (Å²) in [7, 11) is 0. The Balaban J connectivity index is 1.98. The highest BCUT2D eigenvalue weighted by molar-refractivity contribution is 5.29. The van der Waals surface area contributed by atoms with Crippen molar-refractivity contribution in [3.63, 3.8) is 0 Å². The summed E-state index contributed by atoms with van der Waals surface area (Å²) >= 11 is 0. The molecule has 0 amide bonds. The van der Waals surface area contributed by atoms with Gasteiger partial charge < -0.3 is 9.88 Å². The zero-order valence-electron chi connectivity index (χ0n) is 9.20. The molecule has 0 unspecified atom stereocenters. The standard InChI is InChI=1S/C11H19N3/c1-8(2)14-5-4-12-11(14)13-10-6-9(3)7-10/h4-5,8-10H,6-7H2,1-3H3,(H,12,13). The molecule has 0 saturated heterocycles. The first-order valence-corrected chi connectivity index (χ1v) is 5.46. The fraction of sp³-hybridized carbons (Fsp3) is 0.727. The Morgan fingerprint density at radius 1 is 1.50 bits per heavy atom. The van der Waals surface area contributed by atoms with Gasteiger partial charge in [0.15, 0.2) is 0 Å². The Labute approximate surface area is 85.5 Å². The molecule has 1 aromatic rings. The highest BCUT2D eigenvalue weighted by atomic mass is 15.2. The van der Waals surface area contributed by atoms with E-state index in [9.17, 15) is 0 Å². The second-order valence-electron chi connectivity index (χ2n) is 4.67. The first-order chi connectivity index (χ1) is 6.66. The van der Waals surface area contributed by atoms with Crippen molar-refractivity contribution in [3.05, 3.63) is 12.4 Å². The van der Waals surface area contributed by atoms with Crippen molar-refractivity contribution in [2.24, 2.45) is 5.92 Å². The van der Waals surface area contributed by atoms with E-state index in [-0.39, 0.29) is 0 Å². The average molecular weight is 193 g/mol. The number of hydrogen-bond donors (Lipinski definition) is 1. The van der Waals surface area contributed by atoms with E-state index >= 15 is 0 Å². The summed E-state index contributed by atoms with van der Waals surface area (Å²) in [6, 6.07) is 1.13. The van der Waals surface area contributed by atoms with Crippen molar-refractivity contribution in [2.75, 3.05) is 5.32 Å². The highest BCUT2D eigenvalue weighted by Gasteiger charge is 2.26. The van der Waals surface area contributed by atoms with Gasteiger partial charge in [0.2, 0.25) is 5.95 Å². The number of aromatic nitrogens is 2. The molecule has 78 valence electrons. The molecule has 0 atom stereocenters. The van der Waals surface area contributed by atoms with E-state index in [1.165, 1.54) is 12.8 Å². The molecular formula is C11H19N3. The number of rotatable bonds is 3. The largest absolute Gasteiger partial charge is 0.353 e. The third-order valence-electron chi connectivity index (χ3n) is 2.93. The van der Waals surface area contributed by atoms with E-state index in [4.69, 9.17) is 0 Å². The van der Waals surface area contributed by atoms with Crippen LogP contribution in [0.4, 0.5) is 5.95 Å². The van der Waals surface area contributed by atoms with E-state index in [1.54, 1.807) is 0 Å². The Hall–Kier alpha value is -0.990. The molecule has 0 bridgehead atoms. The third kappa shape index (κ3) is 1.76. The van der Waals surface area contributed by atoms with Crippen LogP contribution in [0.3, 0.4) is 0 Å². The van der Waals surface area contributed by atoms with Crippen LogP contribution in [0.1, 0.15) is 39.7 Å². The molecule has 3 nitrogen and oxygen atoms in total. The van der Waals surface area contributed by atoms with Gasteiger partial charge in [0.05, 0.1) is 0 Å². The van der Waals surface area contributed by atoms with Gasteiger partial charge in [-0.25, -0.2) is 4.98 Å². The quantitative estimate of drug-likeness (QED) is 0.799. The lowest BCUT2D eigenvalue weighted by Gasteiger charge is -2.33. The Morgan fingerprint density at radius 2 is 2.21 bits per heavy atom. The highest BCUT2D eigenvalue weighted by Crippen LogP contribution is 2.29. The first-order valence-electron chi connectivity index (χ1n) is 5.46. The van der Waals surface area contributed by atoms with Crippen LogP contribution in [-0.4, -0.2) is 15.6 Å². The summed E-state index contributed by atoms with van der Waals surface area (Å²) in [5, 5.41) is 3.49. The van der Waals surface area contributed by atoms with Gasteiger partial charge in [-0.3, -0.25) is 0 Å². The number of nitrogens with one attached hydrogen (secondary N) is 1. The van der Waals surface area contributed by atoms with Gasteiger partial charge in [0.25, 0.3) is 0 Å². The second kappa shape index (κ2) is 3.64. The zero-order valence-corrected chi connectivity index (χ0v) is 9.20. The molecule has 1 aliphatic rings. The molecule has 0 aromatic carbocycles. The summed E-state index contributed by atoms with van der Waals surface area (Å²) in [6.45, 7) is 6.65. The van der Waals surface area contributed by atoms with Crippen LogP contribution in [0.25, 0.3) is 0 Å². The van der Waals surface area contributed by atoms with E-state index in [0.29, 0.717) is 12.1 Å². The number of anilines is 1. The molecular weight excluding hydrogens is 174 g/mol. The Bertz CT molecular complexity index is 297. The van der Waals surface area contributed by atoms with Crippen LogP contribution < -0.4 is 5.32 Å². The van der Waals surface area contributed by atoms with E-state index < -0.39 is 0 Å². The molecule has 0 aliphatic heterocycles. The number of imidazole rings is 1. The Morgan fingerprint density at radius 3 is 2.79 bits per heavy atom. The van der Waals surface area contributed by atoms with Crippen LogP contribution in [0.2, 0.25) is 0 Å². The smallest absolute Gasteiger partial charge is 0.203 e. The van der Waals surface area contributed by atoms with E-state index in [0.717, 1.165) is 11.9 Å². The van der Waals surface area contributed by atoms with Crippen LogP contribution in [0.5, 0.6) is 0 Å². The normalized spacial score (nSPS) is 26.3. The minimum absolute atomic E-state index is 0.484. The third-order valence-corrected chi connectivity index (χ3v) is 2.93. The van der Waals surface area contributed by atoms with Crippen LogP contribution >= 0.6 is 0 Å². The lowest BCUT2D eigenvalue weighted by Crippen LogP contribution is -2.34. The molecule has 0 spiro atoms. The first kappa shape index (κ1) is 9.56. The summed E-state index contributed by atoms with van der Waals surface area (Å²) in [4.78, 5) is 4.34. The summed E-state index contributed by atoms with van der Waals surface area (Å²) < 4.78 is 2.18. The van der Waals surface area contributed by atoms with Crippen LogP contribution in [0.15, 0.2) is 12.4 Å². The summed E-state index contributed by atoms with van der Waals surface area (Å²) in [5.74, 6) is 1.91. The van der Waals surface area contributed by atoms with Crippen molar-refractivity contribution in [1.82, 2.24) is 9.55 Å². The molecule has 1 N–H and O–H groups in total. The molecule has 1 fully saturated rings. The zero-order chi connectivity index (χ0) is 10.1. The van der Waals surface area contributed by atoms with Gasteiger partial charge in [-0.1, -0.05) is 6.92 Å². The van der Waals surface area contributed by atoms with E-state index in [2.05, 4.69) is 35.6 Å². The molecule has 1 heterocycles. The fourth-order valence-corrected chi connectivity index (χ4v) is 2.04. The van der Waals surface area contributed by atoms with Crippen molar-refractivity contribution < 1.29 is 0 Å². The molecule has 2 rings (SSSR count). The average Bonchev–Trinajstić information content (AvgIpc) is 2.49. The predicted octanol–water partition coefficient (Wildman–Crippen LogP) is 2.67. The summed E-state index contributed by atoms with van der Waals surface area (Å²) in [5.41, 5.74) is 0. The fourth-order valence-electron chi connectivity index (χ4n) is 2.04. The van der Waals surface area contributed by atoms with Gasteiger partial charge in [0.1, 0.15) is 0 Å². The van der Waals surface area contributed by atoms with Gasteiger partial charge in [-0.05, 0) is 32.6 Å². The van der Waals surface area contributed by atoms with Crippen LogP contribution in [0, 0.1) is 5.92 Å². The van der Waals surface area contributed by atoms with Crippen molar-refractivity contribution in [3.8, 4) is 0 Å². The summed E-state index contributed by atoms with van der Waals surface area (Å²) in [6.07, 6.45) is 6.47. The lowest BCUT2D eigenvalue weighted by atomic mass is 9.82. The van der Waals surface area contributed by atoms with Gasteiger partial charge in [0, 0.05) is 24.5 Å². The van der Waals surface area contributed by atoms with Crippen LogP contribution in [-0.2, 0) is 0 Å². The molecule has 0 radical (unpaired) electrons. The van der Waals surface area contributed by atoms with Crippen molar-refractivity contribution in [1.29, 1.82) is 0 Å². The SMILES string of the molecule is CC1CC(Nc2nccn2C(C)C)C1. The maximum absolute atomic E-state index is 4.34. The minimum Gasteiger partial charge on any atom is -0.353 e. The lowest BCUT2D eigenvalue weighted by molar-refractivity contribution is 0.307. The monoisotopic (exact) mass is 193 g/mol. The maximum Gasteiger partial charge on any atom is 0.203 e. The molecule has 14 heavy (non-hydrogen) atoms. The molecule has 1 aliphatic carbocycles. The van der Waals surface area contributed by atoms with Crippen molar-refractivity contribution in [2.45, 2.75) is 45.7 Å². The Kier molecular flexibility index (Phi) is 2.48. The number of nitrogens with zero attached hydrogens (tertiary/aromatic N) is 2.